The second-order valence-corrected chi connectivity index (χ2v) is 2.67. The fraction of sp³-hybridized carbons (Fsp3) is 0. The average molecular weight is 195 g/mol. The number of hydrogen-bond donors (Lipinski definition) is 0. The maximum absolute atomic E-state index is 10.9. The summed E-state index contributed by atoms with van der Waals surface area (Å²) in [4.78, 5) is 21.8. The molecule has 66 valence electrons. The summed E-state index contributed by atoms with van der Waals surface area (Å²) >= 11 is 0. The second-order valence-electron chi connectivity index (χ2n) is 2.67. The van der Waals surface area contributed by atoms with Crippen molar-refractivity contribution in [2.24, 2.45) is 0 Å². The first-order valence-corrected chi connectivity index (χ1v) is 3.63. The molecule has 2 nitrogen and oxygen atoms in total. The largest absolute Gasteiger partial charge is 0.290 e. The quantitative estimate of drug-likeness (QED) is 0.586. The van der Waals surface area contributed by atoms with Crippen molar-refractivity contribution in [2.45, 2.75) is 0 Å². The van der Waals surface area contributed by atoms with E-state index in [1.165, 1.54) is 24.3 Å². The number of allylic oxidation sites excluding steroid dienone is 8. The Kier molecular flexibility index (Phi) is 2.63. The predicted octanol–water partition coefficient (Wildman–Crippen LogP) is 1.54. The van der Waals surface area contributed by atoms with Crippen molar-refractivity contribution in [3.63, 3.8) is 0 Å². The summed E-state index contributed by atoms with van der Waals surface area (Å²) in [5.74, 6) is -0.0534. The topological polar surface area (TPSA) is 34.1 Å². The zero-order chi connectivity index (χ0) is 8.55. The van der Waals surface area contributed by atoms with Crippen LogP contribution < -0.4 is 0 Å². The molecule has 0 atom stereocenters. The Morgan fingerprint density at radius 3 is 1.46 bits per heavy atom. The van der Waals surface area contributed by atoms with Gasteiger partial charge in [-0.15, -0.1) is 12.4 Å². The number of carbonyl (C=O) groups excluding carboxylic acids is 2. The van der Waals surface area contributed by atoms with Gasteiger partial charge in [0.2, 0.25) is 0 Å². The third kappa shape index (κ3) is 1.84. The van der Waals surface area contributed by atoms with Crippen molar-refractivity contribution in [3.8, 4) is 0 Å². The van der Waals surface area contributed by atoms with Crippen molar-refractivity contribution in [2.75, 3.05) is 0 Å². The SMILES string of the molecule is Cl.O=C1C=CC2=CC(=O)C=CC2=C1. The zero-order valence-corrected chi connectivity index (χ0v) is 7.51. The Bertz CT molecular complexity index is 346. The molecule has 3 heteroatoms. The summed E-state index contributed by atoms with van der Waals surface area (Å²) in [6.45, 7) is 0. The molecule has 0 bridgehead atoms. The van der Waals surface area contributed by atoms with Crippen LogP contribution >= 0.6 is 12.4 Å². The van der Waals surface area contributed by atoms with E-state index in [4.69, 9.17) is 0 Å². The minimum absolute atomic E-state index is 0. The van der Waals surface area contributed by atoms with Gasteiger partial charge >= 0.3 is 0 Å². The van der Waals surface area contributed by atoms with Crippen LogP contribution in [0.15, 0.2) is 47.6 Å². The van der Waals surface area contributed by atoms with Gasteiger partial charge in [0.15, 0.2) is 11.6 Å². The van der Waals surface area contributed by atoms with Crippen LogP contribution in [0.25, 0.3) is 0 Å². The van der Waals surface area contributed by atoms with E-state index < -0.39 is 0 Å². The molecule has 0 N–H and O–H groups in total. The molecule has 0 aromatic rings. The van der Waals surface area contributed by atoms with Gasteiger partial charge < -0.3 is 0 Å². The fourth-order valence-corrected chi connectivity index (χ4v) is 1.20. The van der Waals surface area contributed by atoms with Crippen LogP contribution in [0.5, 0.6) is 0 Å². The summed E-state index contributed by atoms with van der Waals surface area (Å²) in [5, 5.41) is 0. The predicted molar refractivity (Wildman–Crippen MR) is 51.7 cm³/mol. The Morgan fingerprint density at radius 1 is 0.692 bits per heavy atom. The first-order chi connectivity index (χ1) is 5.75. The molecule has 2 aliphatic rings. The molecule has 2 rings (SSSR count). The van der Waals surface area contributed by atoms with Crippen molar-refractivity contribution in [3.05, 3.63) is 47.6 Å². The maximum Gasteiger partial charge on any atom is 0.179 e. The summed E-state index contributed by atoms with van der Waals surface area (Å²) in [7, 11) is 0. The van der Waals surface area contributed by atoms with Crippen molar-refractivity contribution in [1.82, 2.24) is 0 Å². The number of hydrogen-bond acceptors (Lipinski definition) is 2. The zero-order valence-electron chi connectivity index (χ0n) is 6.69. The summed E-state index contributed by atoms with van der Waals surface area (Å²) in [6, 6.07) is 0. The minimum Gasteiger partial charge on any atom is -0.290 e. The van der Waals surface area contributed by atoms with E-state index in [0.717, 1.165) is 11.1 Å². The molecule has 0 unspecified atom stereocenters. The lowest BCUT2D eigenvalue weighted by molar-refractivity contribution is -0.111. The molecule has 0 amide bonds. The van der Waals surface area contributed by atoms with Crippen LogP contribution in [0.1, 0.15) is 0 Å². The van der Waals surface area contributed by atoms with Crippen LogP contribution in [0.2, 0.25) is 0 Å². The molecular weight excluding hydrogens is 188 g/mol. The average Bonchev–Trinajstić information content (AvgIpc) is 2.05. The molecule has 0 aliphatic heterocycles. The molecule has 0 saturated carbocycles. The van der Waals surface area contributed by atoms with Gasteiger partial charge in [-0.05, 0) is 35.5 Å². The number of rotatable bonds is 0. The normalized spacial score (nSPS) is 18.8. The maximum atomic E-state index is 10.9. The van der Waals surface area contributed by atoms with Crippen LogP contribution in [0.4, 0.5) is 0 Å². The number of ketones is 2. The van der Waals surface area contributed by atoms with Crippen molar-refractivity contribution < 1.29 is 9.59 Å². The molecule has 0 heterocycles. The molecule has 0 aromatic carbocycles. The molecule has 0 fully saturated rings. The van der Waals surface area contributed by atoms with E-state index in [1.807, 2.05) is 0 Å². The molecule has 0 saturated heterocycles. The van der Waals surface area contributed by atoms with Crippen LogP contribution in [0.3, 0.4) is 0 Å². The van der Waals surface area contributed by atoms with Crippen LogP contribution in [0, 0.1) is 0 Å². The van der Waals surface area contributed by atoms with E-state index in [1.54, 1.807) is 12.2 Å². The monoisotopic (exact) mass is 194 g/mol. The highest BCUT2D eigenvalue weighted by molar-refractivity contribution is 6.08. The molecule has 0 aromatic heterocycles. The Balaban J connectivity index is 0.000000845. The van der Waals surface area contributed by atoms with E-state index in [9.17, 15) is 9.59 Å². The highest BCUT2D eigenvalue weighted by Crippen LogP contribution is 2.20. The third-order valence-corrected chi connectivity index (χ3v) is 1.78. The molecule has 2 aliphatic carbocycles. The lowest BCUT2D eigenvalue weighted by atomic mass is 9.94. The van der Waals surface area contributed by atoms with Crippen molar-refractivity contribution in [1.29, 1.82) is 0 Å². The van der Waals surface area contributed by atoms with Gasteiger partial charge in [-0.3, -0.25) is 9.59 Å². The Morgan fingerprint density at radius 2 is 1.08 bits per heavy atom. The van der Waals surface area contributed by atoms with Gasteiger partial charge in [0.1, 0.15) is 0 Å². The van der Waals surface area contributed by atoms with Gasteiger partial charge in [-0.2, -0.15) is 0 Å². The number of fused-ring (bicyclic) bond motifs is 1. The van der Waals surface area contributed by atoms with Crippen LogP contribution in [-0.2, 0) is 9.59 Å². The first kappa shape index (κ1) is 9.68. The smallest absolute Gasteiger partial charge is 0.179 e. The molecular formula is C10H7ClO2. The summed E-state index contributed by atoms with van der Waals surface area (Å²) in [6.07, 6.45) is 9.30. The highest BCUT2D eigenvalue weighted by atomic mass is 35.5. The lowest BCUT2D eigenvalue weighted by Crippen LogP contribution is -2.03. The second kappa shape index (κ2) is 3.54. The minimum atomic E-state index is -0.0267. The summed E-state index contributed by atoms with van der Waals surface area (Å²) < 4.78 is 0. The number of carbonyl (C=O) groups is 2. The van der Waals surface area contributed by atoms with E-state index in [2.05, 4.69) is 0 Å². The molecule has 0 spiro atoms. The summed E-state index contributed by atoms with van der Waals surface area (Å²) in [5.41, 5.74) is 1.64. The van der Waals surface area contributed by atoms with Gasteiger partial charge in [-0.1, -0.05) is 12.2 Å². The number of halogens is 1. The van der Waals surface area contributed by atoms with Gasteiger partial charge in [0.05, 0.1) is 0 Å². The highest BCUT2D eigenvalue weighted by Gasteiger charge is 2.11. The standard InChI is InChI=1S/C10H6O2.ClH/c11-9-3-1-7-5-10(12)4-2-8(7)6-9;/h1-6H;1H. The lowest BCUT2D eigenvalue weighted by Gasteiger charge is -2.09. The van der Waals surface area contributed by atoms with Gasteiger partial charge in [0.25, 0.3) is 0 Å². The van der Waals surface area contributed by atoms with Gasteiger partial charge in [0, 0.05) is 0 Å². The fourth-order valence-electron chi connectivity index (χ4n) is 1.20. The van der Waals surface area contributed by atoms with E-state index in [0.29, 0.717) is 0 Å². The Labute approximate surface area is 81.7 Å². The first-order valence-electron chi connectivity index (χ1n) is 3.63. The third-order valence-electron chi connectivity index (χ3n) is 1.78. The molecule has 13 heavy (non-hydrogen) atoms. The van der Waals surface area contributed by atoms with E-state index in [-0.39, 0.29) is 24.0 Å². The van der Waals surface area contributed by atoms with Crippen LogP contribution in [-0.4, -0.2) is 11.6 Å². The Hall–Kier alpha value is -1.41. The molecule has 0 radical (unpaired) electrons. The van der Waals surface area contributed by atoms with Gasteiger partial charge in [-0.25, -0.2) is 0 Å². The van der Waals surface area contributed by atoms with E-state index >= 15 is 0 Å². The van der Waals surface area contributed by atoms with Crippen molar-refractivity contribution >= 4 is 24.0 Å².